The fraction of sp³-hybridized carbons (Fsp3) is 0.545. The van der Waals surface area contributed by atoms with Gasteiger partial charge in [-0.3, -0.25) is 9.52 Å². The Morgan fingerprint density at radius 2 is 1.90 bits per heavy atom. The van der Waals surface area contributed by atoms with Gasteiger partial charge in [0.2, 0.25) is 0 Å². The van der Waals surface area contributed by atoms with Crippen molar-refractivity contribution in [2.24, 2.45) is 0 Å². The van der Waals surface area contributed by atoms with E-state index in [9.17, 15) is 9.59 Å². The van der Waals surface area contributed by atoms with E-state index in [0.29, 0.717) is 0 Å². The first-order chi connectivity index (χ1) is 13.6. The second kappa shape index (κ2) is 9.78. The Bertz CT molecular complexity index is 732. The van der Waals surface area contributed by atoms with E-state index in [1.165, 1.54) is 22.9 Å². The Hall–Kier alpha value is -1.83. The molecular formula is C22H32N2O4S. The van der Waals surface area contributed by atoms with Crippen molar-refractivity contribution in [2.75, 3.05) is 7.11 Å². The van der Waals surface area contributed by atoms with Crippen LogP contribution in [-0.4, -0.2) is 47.3 Å². The number of imide groups is 1. The van der Waals surface area contributed by atoms with Crippen molar-refractivity contribution < 1.29 is 19.1 Å². The summed E-state index contributed by atoms with van der Waals surface area (Å²) in [6.45, 7) is 9.44. The number of carbonyl (C=O) groups excluding carboxylic acids is 2. The zero-order valence-electron chi connectivity index (χ0n) is 18.1. The summed E-state index contributed by atoms with van der Waals surface area (Å²) in [4.78, 5) is 27.5. The quantitative estimate of drug-likeness (QED) is 0.622. The zero-order valence-corrected chi connectivity index (χ0v) is 18.9. The lowest BCUT2D eigenvalue weighted by Crippen LogP contribution is -2.60. The van der Waals surface area contributed by atoms with E-state index in [1.807, 2.05) is 37.3 Å². The van der Waals surface area contributed by atoms with E-state index in [2.05, 4.69) is 11.6 Å². The number of carbonyl (C=O) groups is 2. The van der Waals surface area contributed by atoms with Gasteiger partial charge >= 0.3 is 6.09 Å². The first-order valence-electron chi connectivity index (χ1n) is 9.88. The lowest BCUT2D eigenvalue weighted by molar-refractivity contribution is -0.127. The van der Waals surface area contributed by atoms with Crippen LogP contribution in [0.15, 0.2) is 47.4 Å². The average molecular weight is 421 g/mol. The van der Waals surface area contributed by atoms with Crippen LogP contribution in [0.5, 0.6) is 0 Å². The Morgan fingerprint density at radius 1 is 1.24 bits per heavy atom. The lowest BCUT2D eigenvalue weighted by Gasteiger charge is -2.42. The Labute approximate surface area is 178 Å². The molecule has 29 heavy (non-hydrogen) atoms. The monoisotopic (exact) mass is 420 g/mol. The molecule has 3 atom stereocenters. The fourth-order valence-corrected chi connectivity index (χ4v) is 4.28. The lowest BCUT2D eigenvalue weighted by atomic mass is 9.86. The van der Waals surface area contributed by atoms with Crippen LogP contribution in [0.3, 0.4) is 0 Å². The molecule has 0 saturated carbocycles. The minimum absolute atomic E-state index is 0.340. The second-order valence-electron chi connectivity index (χ2n) is 8.32. The molecule has 1 heterocycles. The van der Waals surface area contributed by atoms with Crippen LogP contribution >= 0.6 is 11.9 Å². The SMILES string of the molecule is CCC[C@](C)(OC)[C@H](NSc1ccccc1)[C@H]1C=CC(=O)N1C(=O)OC(C)(C)C. The molecule has 0 aliphatic carbocycles. The molecule has 1 N–H and O–H groups in total. The number of benzene rings is 1. The summed E-state index contributed by atoms with van der Waals surface area (Å²) >= 11 is 1.46. The number of rotatable bonds is 8. The summed E-state index contributed by atoms with van der Waals surface area (Å²) < 4.78 is 14.9. The highest BCUT2D eigenvalue weighted by Crippen LogP contribution is 2.32. The summed E-state index contributed by atoms with van der Waals surface area (Å²) in [5, 5.41) is 0. The van der Waals surface area contributed by atoms with Crippen LogP contribution in [0.1, 0.15) is 47.5 Å². The third kappa shape index (κ3) is 6.07. The van der Waals surface area contributed by atoms with Crippen LogP contribution in [-0.2, 0) is 14.3 Å². The first-order valence-corrected chi connectivity index (χ1v) is 10.7. The normalized spacial score (nSPS) is 19.9. The number of amides is 2. The van der Waals surface area contributed by atoms with E-state index >= 15 is 0 Å². The molecule has 0 radical (unpaired) electrons. The number of hydrogen-bond acceptors (Lipinski definition) is 6. The summed E-state index contributed by atoms with van der Waals surface area (Å²) in [5.41, 5.74) is -1.30. The van der Waals surface area contributed by atoms with Crippen LogP contribution < -0.4 is 4.72 Å². The maximum Gasteiger partial charge on any atom is 0.417 e. The van der Waals surface area contributed by atoms with Crippen molar-refractivity contribution in [2.45, 2.75) is 75.6 Å². The number of hydrogen-bond donors (Lipinski definition) is 1. The van der Waals surface area contributed by atoms with E-state index in [4.69, 9.17) is 9.47 Å². The summed E-state index contributed by atoms with van der Waals surface area (Å²) in [6.07, 6.45) is 4.19. The molecule has 2 amide bonds. The average Bonchev–Trinajstić information content (AvgIpc) is 3.03. The molecule has 1 aromatic rings. The summed E-state index contributed by atoms with van der Waals surface area (Å²) in [6, 6.07) is 9.03. The highest BCUT2D eigenvalue weighted by Gasteiger charge is 2.46. The predicted octanol–water partition coefficient (Wildman–Crippen LogP) is 4.56. The molecule has 0 spiro atoms. The van der Waals surface area contributed by atoms with Crippen LogP contribution in [0.2, 0.25) is 0 Å². The number of nitrogens with zero attached hydrogens (tertiary/aromatic N) is 1. The van der Waals surface area contributed by atoms with Gasteiger partial charge in [-0.2, -0.15) is 0 Å². The molecule has 0 unspecified atom stereocenters. The Morgan fingerprint density at radius 3 is 2.45 bits per heavy atom. The van der Waals surface area contributed by atoms with Crippen LogP contribution in [0.25, 0.3) is 0 Å². The van der Waals surface area contributed by atoms with Crippen molar-refractivity contribution in [3.8, 4) is 0 Å². The van der Waals surface area contributed by atoms with Crippen molar-refractivity contribution in [1.82, 2.24) is 9.62 Å². The molecule has 1 aliphatic heterocycles. The van der Waals surface area contributed by atoms with Gasteiger partial charge in [-0.05, 0) is 58.2 Å². The van der Waals surface area contributed by atoms with Crippen LogP contribution in [0.4, 0.5) is 4.79 Å². The van der Waals surface area contributed by atoms with Gasteiger partial charge in [-0.25, -0.2) is 9.69 Å². The molecule has 0 fully saturated rings. The van der Waals surface area contributed by atoms with E-state index in [1.54, 1.807) is 34.0 Å². The third-order valence-corrected chi connectivity index (χ3v) is 5.70. The van der Waals surface area contributed by atoms with E-state index in [-0.39, 0.29) is 11.9 Å². The van der Waals surface area contributed by atoms with Gasteiger partial charge in [0, 0.05) is 18.1 Å². The van der Waals surface area contributed by atoms with Crippen molar-refractivity contribution in [3.05, 3.63) is 42.5 Å². The molecule has 0 aromatic heterocycles. The molecule has 6 nitrogen and oxygen atoms in total. The molecule has 2 rings (SSSR count). The molecule has 0 bridgehead atoms. The van der Waals surface area contributed by atoms with E-state index < -0.39 is 23.3 Å². The second-order valence-corrected chi connectivity index (χ2v) is 9.23. The molecule has 1 aromatic carbocycles. The first kappa shape index (κ1) is 23.4. The number of methoxy groups -OCH3 is 1. The minimum Gasteiger partial charge on any atom is -0.443 e. The predicted molar refractivity (Wildman–Crippen MR) is 116 cm³/mol. The molecule has 160 valence electrons. The van der Waals surface area contributed by atoms with Gasteiger partial charge in [-0.1, -0.05) is 37.6 Å². The maximum absolute atomic E-state index is 12.8. The highest BCUT2D eigenvalue weighted by molar-refractivity contribution is 7.97. The minimum atomic E-state index is -0.694. The van der Waals surface area contributed by atoms with Gasteiger partial charge in [0.1, 0.15) is 5.60 Å². The molecular weight excluding hydrogens is 388 g/mol. The third-order valence-electron chi connectivity index (χ3n) is 4.82. The molecule has 7 heteroatoms. The number of ether oxygens (including phenoxy) is 2. The smallest absolute Gasteiger partial charge is 0.417 e. The zero-order chi connectivity index (χ0) is 21.7. The number of nitrogens with one attached hydrogen (secondary N) is 1. The van der Waals surface area contributed by atoms with Gasteiger partial charge in [0.15, 0.2) is 0 Å². The molecule has 0 saturated heterocycles. The van der Waals surface area contributed by atoms with Crippen molar-refractivity contribution in [1.29, 1.82) is 0 Å². The van der Waals surface area contributed by atoms with Crippen LogP contribution in [0, 0.1) is 0 Å². The standard InChI is InChI=1S/C22H32N2O4S/c1-7-15-22(5,27-6)19(23-29-16-11-9-8-10-12-16)17-13-14-18(25)24(17)20(26)28-21(2,3)4/h8-14,17,19,23H,7,15H2,1-6H3/t17-,19-,22+/m1/s1. The molecule has 1 aliphatic rings. The van der Waals surface area contributed by atoms with Crippen molar-refractivity contribution >= 4 is 23.9 Å². The van der Waals surface area contributed by atoms with Gasteiger partial charge in [0.25, 0.3) is 5.91 Å². The fourth-order valence-electron chi connectivity index (χ4n) is 3.33. The summed E-state index contributed by atoms with van der Waals surface area (Å²) in [7, 11) is 1.66. The van der Waals surface area contributed by atoms with Gasteiger partial charge in [0.05, 0.1) is 17.7 Å². The summed E-state index contributed by atoms with van der Waals surface area (Å²) in [5.74, 6) is -0.379. The topological polar surface area (TPSA) is 67.9 Å². The van der Waals surface area contributed by atoms with Gasteiger partial charge < -0.3 is 9.47 Å². The highest BCUT2D eigenvalue weighted by atomic mass is 32.2. The van der Waals surface area contributed by atoms with Crippen molar-refractivity contribution in [3.63, 3.8) is 0 Å². The van der Waals surface area contributed by atoms with E-state index in [0.717, 1.165) is 17.7 Å². The maximum atomic E-state index is 12.8. The Kier molecular flexibility index (Phi) is 7.91. The Balaban J connectivity index is 2.33. The largest absolute Gasteiger partial charge is 0.443 e. The van der Waals surface area contributed by atoms with Gasteiger partial charge in [-0.15, -0.1) is 0 Å².